The standard InChI is InChI=1S/C29H28F6O/c1-4-6-7-18-8-10-19(11-9-18)12-13-20-16-17-27(3)21-14-15-22(36-5-2)25(31)23(21)28(32,33)29(34,35)26(27)24(20)30/h4,8-11,14-17,26H,1,5-7,12-13H2,2-3H3. The van der Waals surface area contributed by atoms with Crippen molar-refractivity contribution in [3.8, 4) is 5.75 Å². The highest BCUT2D eigenvalue weighted by molar-refractivity contribution is 5.55. The summed E-state index contributed by atoms with van der Waals surface area (Å²) in [5.41, 5.74) is -1.75. The number of ether oxygens (including phenoxy) is 1. The van der Waals surface area contributed by atoms with Crippen LogP contribution in [0.3, 0.4) is 0 Å². The van der Waals surface area contributed by atoms with E-state index >= 15 is 26.3 Å². The normalized spacial score (nSPS) is 23.7. The van der Waals surface area contributed by atoms with Crippen molar-refractivity contribution < 1.29 is 31.1 Å². The van der Waals surface area contributed by atoms with Crippen LogP contribution in [0.1, 0.15) is 48.9 Å². The summed E-state index contributed by atoms with van der Waals surface area (Å²) in [6.45, 7) is 6.42. The van der Waals surface area contributed by atoms with E-state index in [0.29, 0.717) is 6.42 Å². The average molecular weight is 507 g/mol. The molecule has 0 heterocycles. The van der Waals surface area contributed by atoms with E-state index in [1.54, 1.807) is 0 Å². The van der Waals surface area contributed by atoms with Crippen LogP contribution < -0.4 is 4.74 Å². The number of fused-ring (bicyclic) bond motifs is 3. The molecular weight excluding hydrogens is 478 g/mol. The van der Waals surface area contributed by atoms with Crippen LogP contribution in [0.2, 0.25) is 0 Å². The summed E-state index contributed by atoms with van der Waals surface area (Å²) >= 11 is 0. The Labute approximate surface area is 207 Å². The maximum Gasteiger partial charge on any atom is 0.339 e. The van der Waals surface area contributed by atoms with Gasteiger partial charge in [-0.25, -0.2) is 8.78 Å². The van der Waals surface area contributed by atoms with Gasteiger partial charge in [-0.1, -0.05) is 55.5 Å². The second kappa shape index (κ2) is 9.49. The third-order valence-corrected chi connectivity index (χ3v) is 7.22. The molecule has 2 atom stereocenters. The van der Waals surface area contributed by atoms with Crippen molar-refractivity contribution in [2.24, 2.45) is 5.92 Å². The molecular formula is C29H28F6O. The van der Waals surface area contributed by atoms with Gasteiger partial charge in [-0.2, -0.15) is 17.6 Å². The molecule has 0 saturated heterocycles. The van der Waals surface area contributed by atoms with Gasteiger partial charge in [0.2, 0.25) is 0 Å². The van der Waals surface area contributed by atoms with E-state index < -0.39 is 46.1 Å². The summed E-state index contributed by atoms with van der Waals surface area (Å²) in [7, 11) is 0. The topological polar surface area (TPSA) is 9.23 Å². The predicted molar refractivity (Wildman–Crippen MR) is 128 cm³/mol. The number of halogens is 6. The second-order valence-corrected chi connectivity index (χ2v) is 9.50. The summed E-state index contributed by atoms with van der Waals surface area (Å²) < 4.78 is 96.9. The Morgan fingerprint density at radius 3 is 2.19 bits per heavy atom. The lowest BCUT2D eigenvalue weighted by atomic mass is 9.58. The molecule has 2 aromatic rings. The van der Waals surface area contributed by atoms with Gasteiger partial charge in [0.15, 0.2) is 11.6 Å². The highest BCUT2D eigenvalue weighted by atomic mass is 19.3. The molecule has 0 aliphatic heterocycles. The van der Waals surface area contributed by atoms with E-state index in [9.17, 15) is 0 Å². The first-order valence-electron chi connectivity index (χ1n) is 12.0. The quantitative estimate of drug-likeness (QED) is 0.258. The van der Waals surface area contributed by atoms with E-state index in [1.807, 2.05) is 30.3 Å². The first kappa shape index (κ1) is 26.1. The molecule has 0 amide bonds. The van der Waals surface area contributed by atoms with Crippen molar-refractivity contribution in [1.29, 1.82) is 0 Å². The lowest BCUT2D eigenvalue weighted by molar-refractivity contribution is -0.258. The summed E-state index contributed by atoms with van der Waals surface area (Å²) in [6.07, 6.45) is 6.57. The van der Waals surface area contributed by atoms with Crippen LogP contribution >= 0.6 is 0 Å². The van der Waals surface area contributed by atoms with Gasteiger partial charge in [0.1, 0.15) is 5.83 Å². The first-order valence-corrected chi connectivity index (χ1v) is 12.0. The van der Waals surface area contributed by atoms with E-state index in [-0.39, 0.29) is 24.2 Å². The minimum atomic E-state index is -4.93. The van der Waals surface area contributed by atoms with Crippen molar-refractivity contribution in [3.05, 3.63) is 101 Å². The molecule has 0 fully saturated rings. The van der Waals surface area contributed by atoms with Crippen molar-refractivity contribution in [1.82, 2.24) is 0 Å². The monoisotopic (exact) mass is 506 g/mol. The summed E-state index contributed by atoms with van der Waals surface area (Å²) in [4.78, 5) is 0. The lowest BCUT2D eigenvalue weighted by Gasteiger charge is -2.49. The first-order chi connectivity index (χ1) is 17.0. The smallest absolute Gasteiger partial charge is 0.339 e. The van der Waals surface area contributed by atoms with E-state index in [0.717, 1.165) is 36.1 Å². The van der Waals surface area contributed by atoms with Gasteiger partial charge < -0.3 is 4.74 Å². The van der Waals surface area contributed by atoms with Crippen LogP contribution in [-0.4, -0.2) is 12.5 Å². The van der Waals surface area contributed by atoms with Gasteiger partial charge in [0.05, 0.1) is 18.1 Å². The van der Waals surface area contributed by atoms with Crippen molar-refractivity contribution in [2.75, 3.05) is 6.61 Å². The van der Waals surface area contributed by atoms with Crippen LogP contribution in [0.4, 0.5) is 26.3 Å². The minimum Gasteiger partial charge on any atom is -0.491 e. The molecule has 0 N–H and O–H groups in total. The van der Waals surface area contributed by atoms with Gasteiger partial charge in [-0.3, -0.25) is 0 Å². The molecule has 0 bridgehead atoms. The highest BCUT2D eigenvalue weighted by Gasteiger charge is 2.73. The minimum absolute atomic E-state index is 0.0320. The Bertz CT molecular complexity index is 1210. The van der Waals surface area contributed by atoms with Crippen LogP contribution in [0.25, 0.3) is 0 Å². The molecule has 2 unspecified atom stereocenters. The molecule has 2 aliphatic rings. The Kier molecular flexibility index (Phi) is 6.88. The van der Waals surface area contributed by atoms with E-state index in [4.69, 9.17) is 4.74 Å². The second-order valence-electron chi connectivity index (χ2n) is 9.50. The Morgan fingerprint density at radius 2 is 1.58 bits per heavy atom. The van der Waals surface area contributed by atoms with E-state index in [2.05, 4.69) is 6.58 Å². The Balaban J connectivity index is 1.69. The van der Waals surface area contributed by atoms with Gasteiger partial charge in [0, 0.05) is 5.41 Å². The number of benzene rings is 2. The molecule has 4 rings (SSSR count). The molecule has 192 valence electrons. The Hall–Kier alpha value is -2.96. The number of allylic oxidation sites excluding steroid dienone is 5. The largest absolute Gasteiger partial charge is 0.491 e. The maximum absolute atomic E-state index is 15.7. The zero-order chi connectivity index (χ0) is 26.3. The fourth-order valence-electron chi connectivity index (χ4n) is 5.23. The number of hydrogen-bond donors (Lipinski definition) is 0. The SMILES string of the molecule is C=CCCc1ccc(CCC2=C(F)C3C(C)(C=C2)c2ccc(OCC)c(F)c2C(F)(F)C3(F)F)cc1. The average Bonchev–Trinajstić information content (AvgIpc) is 2.83. The van der Waals surface area contributed by atoms with Crippen molar-refractivity contribution in [2.45, 2.75) is 56.8 Å². The van der Waals surface area contributed by atoms with Crippen LogP contribution in [-0.2, 0) is 24.2 Å². The molecule has 0 radical (unpaired) electrons. The van der Waals surface area contributed by atoms with Gasteiger partial charge in [-0.15, -0.1) is 6.58 Å². The van der Waals surface area contributed by atoms with Gasteiger partial charge >= 0.3 is 11.8 Å². The van der Waals surface area contributed by atoms with Crippen LogP contribution in [0.5, 0.6) is 5.75 Å². The van der Waals surface area contributed by atoms with Crippen LogP contribution in [0, 0.1) is 11.7 Å². The third-order valence-electron chi connectivity index (χ3n) is 7.22. The molecule has 2 aliphatic carbocycles. The lowest BCUT2D eigenvalue weighted by Crippen LogP contribution is -2.58. The van der Waals surface area contributed by atoms with Crippen molar-refractivity contribution in [3.63, 3.8) is 0 Å². The zero-order valence-corrected chi connectivity index (χ0v) is 20.2. The number of hydrogen-bond acceptors (Lipinski definition) is 1. The molecule has 36 heavy (non-hydrogen) atoms. The molecule has 7 heteroatoms. The summed E-state index contributed by atoms with van der Waals surface area (Å²) in [5.74, 6) is -15.6. The molecule has 2 aromatic carbocycles. The molecule has 0 saturated carbocycles. The number of aryl methyl sites for hydroxylation is 2. The summed E-state index contributed by atoms with van der Waals surface area (Å²) in [5, 5.41) is 0. The van der Waals surface area contributed by atoms with E-state index in [1.165, 1.54) is 26.0 Å². The fraction of sp³-hybridized carbons (Fsp3) is 0.379. The Morgan fingerprint density at radius 1 is 0.944 bits per heavy atom. The number of rotatable bonds is 8. The molecule has 0 aromatic heterocycles. The summed E-state index contributed by atoms with van der Waals surface area (Å²) in [6, 6.07) is 9.90. The zero-order valence-electron chi connectivity index (χ0n) is 20.2. The van der Waals surface area contributed by atoms with Gasteiger partial charge in [0.25, 0.3) is 0 Å². The third kappa shape index (κ3) is 4.06. The number of alkyl halides is 4. The molecule has 0 spiro atoms. The van der Waals surface area contributed by atoms with Gasteiger partial charge in [-0.05, 0) is 60.9 Å². The maximum atomic E-state index is 15.7. The van der Waals surface area contributed by atoms with Crippen LogP contribution in [0.15, 0.2) is 72.6 Å². The molecule has 1 nitrogen and oxygen atoms in total. The highest BCUT2D eigenvalue weighted by Crippen LogP contribution is 2.64. The predicted octanol–water partition coefficient (Wildman–Crippen LogP) is 8.38. The fourth-order valence-corrected chi connectivity index (χ4v) is 5.23. The van der Waals surface area contributed by atoms with Crippen molar-refractivity contribution >= 4 is 0 Å².